The molecule has 2 fully saturated rings. The van der Waals surface area contributed by atoms with Crippen LogP contribution in [0, 0.1) is 0 Å². The van der Waals surface area contributed by atoms with Crippen molar-refractivity contribution >= 4 is 7.85 Å². The second-order valence-corrected chi connectivity index (χ2v) is 4.70. The Morgan fingerprint density at radius 2 is 1.89 bits per heavy atom. The minimum absolute atomic E-state index is 0.236. The molecule has 0 bridgehead atoms. The van der Waals surface area contributed by atoms with E-state index in [1.54, 1.807) is 0 Å². The van der Waals surface area contributed by atoms with Crippen LogP contribution in [0.1, 0.15) is 11.9 Å². The van der Waals surface area contributed by atoms with Crippen molar-refractivity contribution in [2.45, 2.75) is 30.4 Å². The quantitative estimate of drug-likeness (QED) is 0.745. The SMILES string of the molecule is [B]C1COC2COC(c3ccccc3)O[C@H]2C1O. The molecule has 0 amide bonds. The molecule has 18 heavy (non-hydrogen) atoms. The summed E-state index contributed by atoms with van der Waals surface area (Å²) in [7, 11) is 5.77. The van der Waals surface area contributed by atoms with Crippen molar-refractivity contribution < 1.29 is 19.3 Å². The van der Waals surface area contributed by atoms with E-state index in [1.807, 2.05) is 30.3 Å². The molecule has 5 atom stereocenters. The van der Waals surface area contributed by atoms with Crippen molar-refractivity contribution in [3.8, 4) is 0 Å². The Morgan fingerprint density at radius 1 is 1.11 bits per heavy atom. The number of benzene rings is 1. The first-order valence-corrected chi connectivity index (χ1v) is 6.13. The van der Waals surface area contributed by atoms with E-state index in [9.17, 15) is 5.11 Å². The van der Waals surface area contributed by atoms with Crippen molar-refractivity contribution in [3.05, 3.63) is 35.9 Å². The smallest absolute Gasteiger partial charge is 0.184 e. The van der Waals surface area contributed by atoms with Crippen LogP contribution in [0.3, 0.4) is 0 Å². The maximum absolute atomic E-state index is 10.1. The monoisotopic (exact) mass is 246 g/mol. The van der Waals surface area contributed by atoms with Gasteiger partial charge >= 0.3 is 0 Å². The molecule has 1 aromatic rings. The van der Waals surface area contributed by atoms with Gasteiger partial charge in [0.2, 0.25) is 0 Å². The van der Waals surface area contributed by atoms with Crippen LogP contribution in [0.15, 0.2) is 30.3 Å². The zero-order chi connectivity index (χ0) is 12.5. The van der Waals surface area contributed by atoms with Gasteiger partial charge in [-0.1, -0.05) is 30.3 Å². The molecule has 4 nitrogen and oxygen atoms in total. The van der Waals surface area contributed by atoms with Crippen LogP contribution in [0.2, 0.25) is 5.82 Å². The maximum atomic E-state index is 10.1. The number of fused-ring (bicyclic) bond motifs is 1. The van der Waals surface area contributed by atoms with E-state index in [2.05, 4.69) is 0 Å². The number of rotatable bonds is 1. The highest BCUT2D eigenvalue weighted by atomic mass is 16.7. The van der Waals surface area contributed by atoms with Crippen molar-refractivity contribution in [1.29, 1.82) is 0 Å². The fraction of sp³-hybridized carbons (Fsp3) is 0.538. The van der Waals surface area contributed by atoms with Gasteiger partial charge in [-0.25, -0.2) is 0 Å². The van der Waals surface area contributed by atoms with Gasteiger partial charge in [0.1, 0.15) is 12.2 Å². The van der Waals surface area contributed by atoms with Gasteiger partial charge in [0.15, 0.2) is 6.29 Å². The van der Waals surface area contributed by atoms with Crippen LogP contribution in [0.5, 0.6) is 0 Å². The summed E-state index contributed by atoms with van der Waals surface area (Å²) in [6, 6.07) is 9.65. The fourth-order valence-corrected chi connectivity index (χ4v) is 2.35. The third-order valence-electron chi connectivity index (χ3n) is 3.41. The van der Waals surface area contributed by atoms with Gasteiger partial charge in [-0.05, 0) is 5.82 Å². The number of aliphatic hydroxyl groups is 1. The molecular formula is C13H15BO4. The first-order valence-electron chi connectivity index (χ1n) is 6.13. The standard InChI is InChI=1S/C13H15BO4/c14-9-6-16-10-7-17-13(18-12(10)11(9)15)8-4-2-1-3-5-8/h1-5,9-13,15H,6-7H2/t9?,10?,11?,12-,13?/m1/s1. The van der Waals surface area contributed by atoms with Crippen molar-refractivity contribution in [3.63, 3.8) is 0 Å². The van der Waals surface area contributed by atoms with E-state index in [4.69, 9.17) is 22.1 Å². The molecule has 5 heteroatoms. The normalized spacial score (nSPS) is 40.2. The van der Waals surface area contributed by atoms with E-state index in [0.29, 0.717) is 13.2 Å². The van der Waals surface area contributed by atoms with Crippen molar-refractivity contribution in [2.75, 3.05) is 13.2 Å². The van der Waals surface area contributed by atoms with Crippen LogP contribution in [0.4, 0.5) is 0 Å². The van der Waals surface area contributed by atoms with Crippen molar-refractivity contribution in [1.82, 2.24) is 0 Å². The molecule has 2 saturated heterocycles. The number of hydrogen-bond acceptors (Lipinski definition) is 4. The summed E-state index contributed by atoms with van der Waals surface area (Å²) in [5.41, 5.74) is 0.933. The van der Waals surface area contributed by atoms with Crippen molar-refractivity contribution in [2.24, 2.45) is 0 Å². The summed E-state index contributed by atoms with van der Waals surface area (Å²) >= 11 is 0. The Labute approximate surface area is 107 Å². The second-order valence-electron chi connectivity index (χ2n) is 4.70. The molecule has 3 rings (SSSR count). The Balaban J connectivity index is 1.75. The fourth-order valence-electron chi connectivity index (χ4n) is 2.35. The molecule has 2 aliphatic rings. The van der Waals surface area contributed by atoms with Gasteiger partial charge in [0.05, 0.1) is 20.6 Å². The highest BCUT2D eigenvalue weighted by molar-refractivity contribution is 6.12. The summed E-state index contributed by atoms with van der Waals surface area (Å²) in [4.78, 5) is 0. The Morgan fingerprint density at radius 3 is 2.67 bits per heavy atom. The average Bonchev–Trinajstić information content (AvgIpc) is 2.44. The maximum Gasteiger partial charge on any atom is 0.184 e. The number of aliphatic hydroxyl groups excluding tert-OH is 1. The molecule has 0 saturated carbocycles. The minimum atomic E-state index is -0.709. The predicted molar refractivity (Wildman–Crippen MR) is 65.3 cm³/mol. The average molecular weight is 246 g/mol. The summed E-state index contributed by atoms with van der Waals surface area (Å²) in [6.07, 6.45) is -1.83. The van der Waals surface area contributed by atoms with Gasteiger partial charge < -0.3 is 19.3 Å². The topological polar surface area (TPSA) is 47.9 Å². The lowest BCUT2D eigenvalue weighted by Crippen LogP contribution is -2.54. The highest BCUT2D eigenvalue weighted by Crippen LogP contribution is 2.34. The first-order chi connectivity index (χ1) is 8.75. The van der Waals surface area contributed by atoms with Gasteiger partial charge in [-0.15, -0.1) is 0 Å². The van der Waals surface area contributed by atoms with E-state index in [1.165, 1.54) is 0 Å². The molecule has 94 valence electrons. The molecule has 2 radical (unpaired) electrons. The zero-order valence-electron chi connectivity index (χ0n) is 9.94. The second kappa shape index (κ2) is 5.01. The van der Waals surface area contributed by atoms with E-state index in [-0.39, 0.29) is 6.10 Å². The Kier molecular flexibility index (Phi) is 3.39. The molecule has 2 aliphatic heterocycles. The lowest BCUT2D eigenvalue weighted by atomic mass is 9.78. The van der Waals surface area contributed by atoms with Gasteiger partial charge in [0.25, 0.3) is 0 Å². The molecule has 2 heterocycles. The molecule has 0 aromatic heterocycles. The van der Waals surface area contributed by atoms with Gasteiger partial charge in [0, 0.05) is 12.2 Å². The van der Waals surface area contributed by atoms with E-state index < -0.39 is 24.3 Å². The molecular weight excluding hydrogens is 231 g/mol. The molecule has 4 unspecified atom stereocenters. The van der Waals surface area contributed by atoms with Crippen LogP contribution in [-0.4, -0.2) is 44.5 Å². The summed E-state index contributed by atoms with van der Waals surface area (Å²) in [5, 5.41) is 10.1. The molecule has 1 aromatic carbocycles. The first kappa shape index (κ1) is 12.2. The number of hydrogen-bond donors (Lipinski definition) is 1. The minimum Gasteiger partial charge on any atom is -0.391 e. The highest BCUT2D eigenvalue weighted by Gasteiger charge is 2.43. The lowest BCUT2D eigenvalue weighted by Gasteiger charge is -2.44. The third kappa shape index (κ3) is 2.19. The van der Waals surface area contributed by atoms with Gasteiger partial charge in [-0.3, -0.25) is 0 Å². The summed E-state index contributed by atoms with van der Waals surface area (Å²) < 4.78 is 16.9. The largest absolute Gasteiger partial charge is 0.391 e. The van der Waals surface area contributed by atoms with Crippen LogP contribution in [0.25, 0.3) is 0 Å². The Hall–Kier alpha value is -0.875. The molecule has 1 N–H and O–H groups in total. The summed E-state index contributed by atoms with van der Waals surface area (Å²) in [6.45, 7) is 0.749. The summed E-state index contributed by atoms with van der Waals surface area (Å²) in [5.74, 6) is -0.402. The predicted octanol–water partition coefficient (Wildman–Crippen LogP) is 0.817. The Bertz CT molecular complexity index is 397. The van der Waals surface area contributed by atoms with Crippen LogP contribution in [-0.2, 0) is 14.2 Å². The van der Waals surface area contributed by atoms with E-state index in [0.717, 1.165) is 5.56 Å². The van der Waals surface area contributed by atoms with E-state index >= 15 is 0 Å². The zero-order valence-corrected chi connectivity index (χ0v) is 9.94. The molecule has 0 aliphatic carbocycles. The van der Waals surface area contributed by atoms with Crippen LogP contribution < -0.4 is 0 Å². The molecule has 0 spiro atoms. The third-order valence-corrected chi connectivity index (χ3v) is 3.41. The number of ether oxygens (including phenoxy) is 3. The van der Waals surface area contributed by atoms with Crippen LogP contribution >= 0.6 is 0 Å². The van der Waals surface area contributed by atoms with Gasteiger partial charge in [-0.2, -0.15) is 0 Å². The lowest BCUT2D eigenvalue weighted by molar-refractivity contribution is -0.298.